The summed E-state index contributed by atoms with van der Waals surface area (Å²) in [6.45, 7) is 2.89. The van der Waals surface area contributed by atoms with E-state index in [2.05, 4.69) is 39.6 Å². The maximum Gasteiger partial charge on any atom is 3.00 e. The van der Waals surface area contributed by atoms with Crippen LogP contribution >= 0.6 is 0 Å². The standard InChI is InChI=1S/C18H10F4N.C11H10N2.Ir/c1-10-9-23-15(8-12(10)11-5-3-2-4-6-11)13-7-14(19)17(21)18(22)16(13)20;1-2-4-10-9(3-1)5-7-13-8-6-12-11(10)13;/h2-6,8-9H,1H3;1-3,6,8,11H,5,7H2;/q-1;-2;+3. The van der Waals surface area contributed by atoms with Crippen molar-refractivity contribution in [2.45, 2.75) is 19.5 Å². The molecule has 3 aromatic carbocycles. The van der Waals surface area contributed by atoms with Crippen molar-refractivity contribution in [1.29, 1.82) is 0 Å². The van der Waals surface area contributed by atoms with Crippen LogP contribution in [0.25, 0.3) is 27.7 Å². The van der Waals surface area contributed by atoms with E-state index < -0.39 is 28.8 Å². The van der Waals surface area contributed by atoms with Crippen LogP contribution < -0.4 is 0 Å². The fourth-order valence-corrected chi connectivity index (χ4v) is 4.29. The first kappa shape index (κ1) is 26.6. The Hall–Kier alpha value is -3.48. The largest absolute Gasteiger partial charge is 3.00 e. The Kier molecular flexibility index (Phi) is 8.10. The minimum absolute atomic E-state index is 0. The number of rotatable bonds is 2. The van der Waals surface area contributed by atoms with Crippen molar-refractivity contribution in [1.82, 2.24) is 9.88 Å². The summed E-state index contributed by atoms with van der Waals surface area (Å²) in [5.74, 6) is -6.86. The van der Waals surface area contributed by atoms with Gasteiger partial charge in [0.25, 0.3) is 0 Å². The predicted octanol–water partition coefficient (Wildman–Crippen LogP) is 7.28. The van der Waals surface area contributed by atoms with Crippen molar-refractivity contribution in [2.75, 3.05) is 6.54 Å². The van der Waals surface area contributed by atoms with Crippen molar-refractivity contribution >= 4 is 0 Å². The van der Waals surface area contributed by atoms with Gasteiger partial charge in [-0.3, -0.25) is 8.78 Å². The zero-order valence-electron chi connectivity index (χ0n) is 19.6. The first-order chi connectivity index (χ1) is 17.4. The second-order valence-corrected chi connectivity index (χ2v) is 8.42. The fraction of sp³-hybridized carbons (Fsp3) is 0.138. The smallest absolute Gasteiger partial charge is 0.668 e. The quantitative estimate of drug-likeness (QED) is 0.0966. The topological polar surface area (TPSA) is 30.2 Å². The van der Waals surface area contributed by atoms with Gasteiger partial charge in [-0.25, -0.2) is 8.78 Å². The Balaban J connectivity index is 0.000000193. The van der Waals surface area contributed by atoms with Gasteiger partial charge in [-0.2, -0.15) is 41.6 Å². The van der Waals surface area contributed by atoms with Crippen molar-refractivity contribution in [2.24, 2.45) is 0 Å². The van der Waals surface area contributed by atoms with E-state index in [1.54, 1.807) is 0 Å². The van der Waals surface area contributed by atoms with Crippen LogP contribution in [0.15, 0.2) is 73.2 Å². The Morgan fingerprint density at radius 3 is 2.57 bits per heavy atom. The van der Waals surface area contributed by atoms with Crippen LogP contribution in [0.3, 0.4) is 0 Å². The fourth-order valence-electron chi connectivity index (χ4n) is 4.29. The maximum absolute atomic E-state index is 13.9. The molecule has 0 radical (unpaired) electrons. The number of nitrogens with zero attached hydrogens (tertiary/aromatic N) is 3. The second kappa shape index (κ2) is 11.3. The molecular weight excluding hydrogens is 659 g/mol. The molecule has 0 bridgehead atoms. The van der Waals surface area contributed by atoms with Crippen LogP contribution in [0.1, 0.15) is 22.9 Å². The van der Waals surface area contributed by atoms with Crippen LogP contribution in [0.2, 0.25) is 0 Å². The summed E-state index contributed by atoms with van der Waals surface area (Å²) in [5.41, 5.74) is 4.47. The zero-order valence-corrected chi connectivity index (χ0v) is 22.0. The first-order valence-corrected chi connectivity index (χ1v) is 11.3. The second-order valence-electron chi connectivity index (χ2n) is 8.42. The number of halogens is 4. The molecule has 0 saturated carbocycles. The van der Waals surface area contributed by atoms with Gasteiger partial charge in [0.1, 0.15) is 11.6 Å². The van der Waals surface area contributed by atoms with E-state index in [0.29, 0.717) is 0 Å². The monoisotopic (exact) mass is 679 g/mol. The van der Waals surface area contributed by atoms with E-state index in [4.69, 9.17) is 0 Å². The molecule has 1 aromatic heterocycles. The van der Waals surface area contributed by atoms with E-state index in [1.807, 2.05) is 55.6 Å². The molecule has 0 spiro atoms. The number of hydrogen-bond acceptors (Lipinski definition) is 2. The van der Waals surface area contributed by atoms with Crippen molar-refractivity contribution in [3.63, 3.8) is 0 Å². The Morgan fingerprint density at radius 2 is 1.78 bits per heavy atom. The Labute approximate surface area is 226 Å². The van der Waals surface area contributed by atoms with Gasteiger partial charge in [-0.05, 0) is 41.7 Å². The van der Waals surface area contributed by atoms with Crippen LogP contribution in [0.4, 0.5) is 17.6 Å². The molecule has 0 fully saturated rings. The minimum Gasteiger partial charge on any atom is -0.668 e. The van der Waals surface area contributed by atoms with E-state index in [-0.39, 0.29) is 32.0 Å². The van der Waals surface area contributed by atoms with Gasteiger partial charge in [0.05, 0.1) is 11.6 Å². The average molecular weight is 679 g/mol. The molecule has 0 amide bonds. The van der Waals surface area contributed by atoms with Gasteiger partial charge < -0.3 is 15.2 Å². The van der Waals surface area contributed by atoms with Gasteiger partial charge in [0.15, 0.2) is 0 Å². The van der Waals surface area contributed by atoms with Crippen LogP contribution in [-0.4, -0.2) is 16.4 Å². The van der Waals surface area contributed by atoms with E-state index in [0.717, 1.165) is 29.7 Å². The summed E-state index contributed by atoms with van der Waals surface area (Å²) in [6.07, 6.45) is 6.74. The summed E-state index contributed by atoms with van der Waals surface area (Å²) in [6, 6.07) is 22.1. The number of aryl methyl sites for hydroxylation is 1. The van der Waals surface area contributed by atoms with Crippen LogP contribution in [-0.2, 0) is 26.5 Å². The summed E-state index contributed by atoms with van der Waals surface area (Å²) in [5, 5.41) is 4.41. The molecule has 8 heteroatoms. The van der Waals surface area contributed by atoms with Crippen molar-refractivity contribution < 1.29 is 37.7 Å². The van der Waals surface area contributed by atoms with Crippen LogP contribution in [0, 0.1) is 42.3 Å². The summed E-state index contributed by atoms with van der Waals surface area (Å²) in [4.78, 5) is 6.24. The molecule has 3 nitrogen and oxygen atoms in total. The molecular formula is C29H20F4IrN3. The zero-order chi connectivity index (χ0) is 25.2. The molecule has 188 valence electrons. The van der Waals surface area contributed by atoms with E-state index in [9.17, 15) is 17.6 Å². The maximum atomic E-state index is 13.9. The summed E-state index contributed by atoms with van der Waals surface area (Å²) < 4.78 is 53.7. The SMILES string of the molecule is Cc1cnc(-c2[c-]c(F)c(F)c(F)c2F)cc1-c1ccccc1.[Ir+3].[c-]1cccc2c1C1[N-]C=CN1CC2. The number of pyridine rings is 1. The number of hydrogen-bond donors (Lipinski definition) is 0. The van der Waals surface area contributed by atoms with Gasteiger partial charge in [-0.1, -0.05) is 54.4 Å². The summed E-state index contributed by atoms with van der Waals surface area (Å²) in [7, 11) is 0. The molecule has 3 heterocycles. The van der Waals surface area contributed by atoms with E-state index >= 15 is 0 Å². The third kappa shape index (κ3) is 5.31. The summed E-state index contributed by atoms with van der Waals surface area (Å²) >= 11 is 0. The van der Waals surface area contributed by atoms with Gasteiger partial charge in [-0.15, -0.1) is 0 Å². The Morgan fingerprint density at radius 1 is 1.00 bits per heavy atom. The first-order valence-electron chi connectivity index (χ1n) is 11.3. The molecule has 0 saturated heterocycles. The molecule has 6 rings (SSSR count). The van der Waals surface area contributed by atoms with Crippen LogP contribution in [0.5, 0.6) is 0 Å². The third-order valence-corrected chi connectivity index (χ3v) is 6.15. The molecule has 2 aliphatic rings. The van der Waals surface area contributed by atoms with Gasteiger partial charge in [0.2, 0.25) is 0 Å². The number of benzene rings is 3. The molecule has 0 aliphatic carbocycles. The van der Waals surface area contributed by atoms with E-state index in [1.165, 1.54) is 23.4 Å². The van der Waals surface area contributed by atoms with Gasteiger partial charge >= 0.3 is 20.1 Å². The van der Waals surface area contributed by atoms with Gasteiger partial charge in [0, 0.05) is 12.7 Å². The van der Waals surface area contributed by atoms with Crippen molar-refractivity contribution in [3.05, 3.63) is 131 Å². The Bertz CT molecular complexity index is 1440. The molecule has 4 aromatic rings. The average Bonchev–Trinajstić information content (AvgIpc) is 3.41. The minimum atomic E-state index is -1.89. The molecule has 1 unspecified atom stereocenters. The molecule has 2 aliphatic heterocycles. The number of aromatic nitrogens is 1. The molecule has 37 heavy (non-hydrogen) atoms. The molecule has 0 N–H and O–H groups in total. The van der Waals surface area contributed by atoms with Crippen molar-refractivity contribution in [3.8, 4) is 22.4 Å². The molecule has 1 atom stereocenters. The predicted molar refractivity (Wildman–Crippen MR) is 129 cm³/mol. The number of fused-ring (bicyclic) bond motifs is 3. The third-order valence-electron chi connectivity index (χ3n) is 6.15. The normalized spacial score (nSPS) is 15.1.